The summed E-state index contributed by atoms with van der Waals surface area (Å²) in [6.45, 7) is 4.22. The average molecular weight is 195 g/mol. The number of imide groups is 1. The van der Waals surface area contributed by atoms with Gasteiger partial charge in [0.2, 0.25) is 11.8 Å². The Morgan fingerprint density at radius 2 is 2.07 bits per heavy atom. The van der Waals surface area contributed by atoms with Crippen molar-refractivity contribution in [3.8, 4) is 0 Å². The lowest BCUT2D eigenvalue weighted by atomic mass is 9.53. The first-order valence-corrected chi connectivity index (χ1v) is 5.41. The number of hydrogen-bond donors (Lipinski definition) is 1. The summed E-state index contributed by atoms with van der Waals surface area (Å²) < 4.78 is 0. The van der Waals surface area contributed by atoms with Crippen molar-refractivity contribution < 1.29 is 9.59 Å². The second-order valence-electron chi connectivity index (χ2n) is 4.93. The Balaban J connectivity index is 2.20. The lowest BCUT2D eigenvalue weighted by Gasteiger charge is -2.52. The molecule has 0 radical (unpaired) electrons. The third kappa shape index (κ3) is 1.26. The summed E-state index contributed by atoms with van der Waals surface area (Å²) in [6.07, 6.45) is 3.50. The van der Waals surface area contributed by atoms with Crippen LogP contribution in [0.4, 0.5) is 0 Å². The Morgan fingerprint density at radius 3 is 2.57 bits per heavy atom. The molecule has 1 N–H and O–H groups in total. The highest BCUT2D eigenvalue weighted by Gasteiger charge is 2.53. The minimum atomic E-state index is -0.0772. The molecule has 1 unspecified atom stereocenters. The van der Waals surface area contributed by atoms with Crippen LogP contribution in [0, 0.1) is 17.3 Å². The van der Waals surface area contributed by atoms with E-state index in [-0.39, 0.29) is 23.1 Å². The Labute approximate surface area is 84.2 Å². The first-order valence-electron chi connectivity index (χ1n) is 5.41. The van der Waals surface area contributed by atoms with E-state index >= 15 is 0 Å². The number of carbonyl (C=O) groups excluding carboxylic acids is 2. The van der Waals surface area contributed by atoms with Crippen LogP contribution in [0.15, 0.2) is 0 Å². The molecule has 2 aliphatic rings. The van der Waals surface area contributed by atoms with E-state index in [1.165, 1.54) is 0 Å². The Bertz CT molecular complexity index is 279. The summed E-state index contributed by atoms with van der Waals surface area (Å²) in [7, 11) is 0. The SMILES string of the molecule is CCC1C(=O)NC(=O)CC12CC(C)C2. The van der Waals surface area contributed by atoms with Crippen LogP contribution < -0.4 is 5.32 Å². The molecule has 0 aromatic carbocycles. The fourth-order valence-electron chi connectivity index (χ4n) is 3.37. The number of amides is 2. The van der Waals surface area contributed by atoms with Gasteiger partial charge in [0.05, 0.1) is 0 Å². The predicted octanol–water partition coefficient (Wildman–Crippen LogP) is 1.48. The van der Waals surface area contributed by atoms with Gasteiger partial charge in [0.15, 0.2) is 0 Å². The summed E-state index contributed by atoms with van der Waals surface area (Å²) in [5, 5.41) is 2.44. The Morgan fingerprint density at radius 1 is 1.43 bits per heavy atom. The van der Waals surface area contributed by atoms with Crippen LogP contribution in [-0.2, 0) is 9.59 Å². The van der Waals surface area contributed by atoms with Crippen molar-refractivity contribution in [3.63, 3.8) is 0 Å². The van der Waals surface area contributed by atoms with Crippen molar-refractivity contribution in [2.45, 2.75) is 39.5 Å². The molecule has 1 saturated carbocycles. The topological polar surface area (TPSA) is 46.2 Å². The maximum atomic E-state index is 11.6. The number of carbonyl (C=O) groups is 2. The molecular formula is C11H17NO2. The minimum absolute atomic E-state index is 0.0214. The number of piperidine rings is 1. The summed E-state index contributed by atoms with van der Waals surface area (Å²) in [6, 6.07) is 0. The average Bonchev–Trinajstić information content (AvgIpc) is 2.00. The highest BCUT2D eigenvalue weighted by molar-refractivity contribution is 5.99. The van der Waals surface area contributed by atoms with E-state index < -0.39 is 0 Å². The van der Waals surface area contributed by atoms with Gasteiger partial charge < -0.3 is 0 Å². The van der Waals surface area contributed by atoms with Gasteiger partial charge in [-0.15, -0.1) is 0 Å². The molecule has 0 aromatic rings. The molecule has 0 aromatic heterocycles. The number of rotatable bonds is 1. The van der Waals surface area contributed by atoms with Crippen molar-refractivity contribution in [3.05, 3.63) is 0 Å². The van der Waals surface area contributed by atoms with Crippen LogP contribution >= 0.6 is 0 Å². The number of hydrogen-bond acceptors (Lipinski definition) is 2. The van der Waals surface area contributed by atoms with Crippen molar-refractivity contribution in [2.75, 3.05) is 0 Å². The van der Waals surface area contributed by atoms with Crippen LogP contribution in [0.3, 0.4) is 0 Å². The van der Waals surface area contributed by atoms with Crippen LogP contribution in [0.2, 0.25) is 0 Å². The van der Waals surface area contributed by atoms with Crippen LogP contribution in [0.5, 0.6) is 0 Å². The molecule has 2 rings (SSSR count). The molecule has 1 aliphatic heterocycles. The Kier molecular flexibility index (Phi) is 2.13. The molecule has 1 saturated heterocycles. The zero-order valence-corrected chi connectivity index (χ0v) is 8.80. The van der Waals surface area contributed by atoms with Gasteiger partial charge in [-0.3, -0.25) is 14.9 Å². The van der Waals surface area contributed by atoms with Gasteiger partial charge in [0.1, 0.15) is 0 Å². The maximum Gasteiger partial charge on any atom is 0.230 e. The maximum absolute atomic E-state index is 11.6. The van der Waals surface area contributed by atoms with Crippen LogP contribution in [0.25, 0.3) is 0 Å². The molecule has 0 bridgehead atoms. The zero-order chi connectivity index (χ0) is 10.3. The molecule has 14 heavy (non-hydrogen) atoms. The standard InChI is InChI=1S/C11H17NO2/c1-3-8-10(14)12-9(13)6-11(8)4-7(2)5-11/h7-8H,3-6H2,1-2H3,(H,12,13,14). The normalized spacial score (nSPS) is 42.1. The van der Waals surface area contributed by atoms with Gasteiger partial charge in [0, 0.05) is 12.3 Å². The van der Waals surface area contributed by atoms with E-state index in [1.54, 1.807) is 0 Å². The second-order valence-corrected chi connectivity index (χ2v) is 4.93. The number of nitrogens with one attached hydrogen (secondary N) is 1. The van der Waals surface area contributed by atoms with Gasteiger partial charge in [0.25, 0.3) is 0 Å². The second kappa shape index (κ2) is 3.07. The molecular weight excluding hydrogens is 178 g/mol. The molecule has 3 heteroatoms. The van der Waals surface area contributed by atoms with Crippen LogP contribution in [-0.4, -0.2) is 11.8 Å². The fourth-order valence-corrected chi connectivity index (χ4v) is 3.37. The molecule has 2 fully saturated rings. The van der Waals surface area contributed by atoms with E-state index in [0.29, 0.717) is 12.3 Å². The predicted molar refractivity (Wildman–Crippen MR) is 52.4 cm³/mol. The molecule has 3 nitrogen and oxygen atoms in total. The smallest absolute Gasteiger partial charge is 0.230 e. The summed E-state index contributed by atoms with van der Waals surface area (Å²) in [5.41, 5.74) is 0.0214. The third-order valence-electron chi connectivity index (χ3n) is 3.75. The van der Waals surface area contributed by atoms with E-state index in [9.17, 15) is 9.59 Å². The summed E-state index contributed by atoms with van der Waals surface area (Å²) in [4.78, 5) is 22.9. The first kappa shape index (κ1) is 9.69. The molecule has 78 valence electrons. The largest absolute Gasteiger partial charge is 0.296 e. The molecule has 2 amide bonds. The van der Waals surface area contributed by atoms with Gasteiger partial charge in [-0.05, 0) is 30.6 Å². The molecule has 1 atom stereocenters. The van der Waals surface area contributed by atoms with Crippen molar-refractivity contribution >= 4 is 11.8 Å². The van der Waals surface area contributed by atoms with Crippen molar-refractivity contribution in [2.24, 2.45) is 17.3 Å². The fraction of sp³-hybridized carbons (Fsp3) is 0.818. The van der Waals surface area contributed by atoms with Gasteiger partial charge in [-0.25, -0.2) is 0 Å². The third-order valence-corrected chi connectivity index (χ3v) is 3.75. The molecule has 1 heterocycles. The van der Waals surface area contributed by atoms with Crippen molar-refractivity contribution in [1.29, 1.82) is 0 Å². The van der Waals surface area contributed by atoms with Gasteiger partial charge >= 0.3 is 0 Å². The highest BCUT2D eigenvalue weighted by Crippen LogP contribution is 2.55. The summed E-state index contributed by atoms with van der Waals surface area (Å²) in [5.74, 6) is 0.626. The molecule has 1 aliphatic carbocycles. The quantitative estimate of drug-likeness (QED) is 0.644. The zero-order valence-electron chi connectivity index (χ0n) is 8.80. The van der Waals surface area contributed by atoms with E-state index in [4.69, 9.17) is 0 Å². The van der Waals surface area contributed by atoms with Gasteiger partial charge in [-0.2, -0.15) is 0 Å². The van der Waals surface area contributed by atoms with E-state index in [0.717, 1.165) is 19.3 Å². The minimum Gasteiger partial charge on any atom is -0.296 e. The highest BCUT2D eigenvalue weighted by atomic mass is 16.2. The summed E-state index contributed by atoms with van der Waals surface area (Å²) >= 11 is 0. The lowest BCUT2D eigenvalue weighted by molar-refractivity contribution is -0.151. The first-order chi connectivity index (χ1) is 6.57. The van der Waals surface area contributed by atoms with E-state index in [1.807, 2.05) is 6.92 Å². The van der Waals surface area contributed by atoms with E-state index in [2.05, 4.69) is 12.2 Å². The van der Waals surface area contributed by atoms with Crippen LogP contribution in [0.1, 0.15) is 39.5 Å². The molecule has 1 spiro atoms. The van der Waals surface area contributed by atoms with Gasteiger partial charge in [-0.1, -0.05) is 13.8 Å². The Hall–Kier alpha value is -0.860. The van der Waals surface area contributed by atoms with Crippen molar-refractivity contribution in [1.82, 2.24) is 5.32 Å². The lowest BCUT2D eigenvalue weighted by Crippen LogP contribution is -2.56. The monoisotopic (exact) mass is 195 g/mol.